The van der Waals surface area contributed by atoms with E-state index in [1.54, 1.807) is 0 Å². The number of H-pyrrole nitrogens is 1. The Bertz CT molecular complexity index is 581. The molecule has 0 atom stereocenters. The summed E-state index contributed by atoms with van der Waals surface area (Å²) in [6.07, 6.45) is -2.25. The molecule has 0 aliphatic rings. The Morgan fingerprint density at radius 3 is 2.63 bits per heavy atom. The highest BCUT2D eigenvalue weighted by molar-refractivity contribution is 6.32. The van der Waals surface area contributed by atoms with Crippen molar-refractivity contribution in [3.05, 3.63) is 34.6 Å². The van der Waals surface area contributed by atoms with E-state index in [1.807, 2.05) is 0 Å². The smallest absolute Gasteiger partial charge is 0.384 e. The monoisotopic (exact) mass is 291 g/mol. The number of nitrogens with zero attached hydrogens (tertiary/aromatic N) is 2. The number of aromatic nitrogens is 3. The number of nitrogens with two attached hydrogens (primary N) is 1. The number of alkyl halides is 3. The molecule has 2 rings (SSSR count). The molecular formula is C10H9ClF3N5. The van der Waals surface area contributed by atoms with Gasteiger partial charge in [0, 0.05) is 18.3 Å². The van der Waals surface area contributed by atoms with Crippen molar-refractivity contribution in [1.82, 2.24) is 15.2 Å². The number of aromatic amines is 1. The molecule has 0 bridgehead atoms. The third-order valence-electron chi connectivity index (χ3n) is 2.37. The average molecular weight is 292 g/mol. The maximum atomic E-state index is 12.4. The van der Waals surface area contributed by atoms with Crippen LogP contribution in [0.3, 0.4) is 0 Å². The molecule has 0 spiro atoms. The molecule has 2 heterocycles. The Morgan fingerprint density at radius 2 is 2.11 bits per heavy atom. The third-order valence-corrected chi connectivity index (χ3v) is 2.65. The van der Waals surface area contributed by atoms with Crippen LogP contribution >= 0.6 is 11.6 Å². The van der Waals surface area contributed by atoms with Gasteiger partial charge in [-0.05, 0) is 6.07 Å². The van der Waals surface area contributed by atoms with Crippen molar-refractivity contribution >= 4 is 23.2 Å². The zero-order chi connectivity index (χ0) is 14.0. The van der Waals surface area contributed by atoms with Crippen molar-refractivity contribution in [2.45, 2.75) is 12.7 Å². The molecule has 0 aliphatic carbocycles. The van der Waals surface area contributed by atoms with Crippen LogP contribution in [0.5, 0.6) is 0 Å². The summed E-state index contributed by atoms with van der Waals surface area (Å²) in [6, 6.07) is 0.815. The van der Waals surface area contributed by atoms with Gasteiger partial charge in [0.1, 0.15) is 11.6 Å². The summed E-state index contributed by atoms with van der Waals surface area (Å²) in [5.41, 5.74) is 5.33. The summed E-state index contributed by atoms with van der Waals surface area (Å²) in [5, 5.41) is 8.92. The number of nitrogen functional groups attached to an aromatic ring is 1. The van der Waals surface area contributed by atoms with E-state index in [0.29, 0.717) is 17.6 Å². The summed E-state index contributed by atoms with van der Waals surface area (Å²) in [6.45, 7) is 0.250. The normalized spacial score (nSPS) is 11.6. The van der Waals surface area contributed by atoms with Gasteiger partial charge in [0.05, 0.1) is 16.8 Å². The van der Waals surface area contributed by atoms with Crippen LogP contribution in [0.25, 0.3) is 0 Å². The first kappa shape index (κ1) is 13.5. The van der Waals surface area contributed by atoms with Gasteiger partial charge in [-0.2, -0.15) is 18.3 Å². The van der Waals surface area contributed by atoms with E-state index < -0.39 is 11.7 Å². The second-order valence-corrected chi connectivity index (χ2v) is 4.12. The number of hydrogen-bond donors (Lipinski definition) is 3. The Balaban J connectivity index is 2.12. The summed E-state index contributed by atoms with van der Waals surface area (Å²) >= 11 is 5.74. The number of nitrogens with one attached hydrogen (secondary N) is 2. The van der Waals surface area contributed by atoms with Crippen LogP contribution in [0.15, 0.2) is 18.5 Å². The molecule has 0 radical (unpaired) electrons. The number of anilines is 2. The number of rotatable bonds is 3. The fourth-order valence-corrected chi connectivity index (χ4v) is 1.60. The average Bonchev–Trinajstić information content (AvgIpc) is 2.72. The Kier molecular flexibility index (Phi) is 3.52. The number of pyridine rings is 1. The fourth-order valence-electron chi connectivity index (χ4n) is 1.36. The molecule has 102 valence electrons. The van der Waals surface area contributed by atoms with Crippen molar-refractivity contribution in [2.24, 2.45) is 0 Å². The summed E-state index contributed by atoms with van der Waals surface area (Å²) in [5.74, 6) is 0.519. The van der Waals surface area contributed by atoms with E-state index in [4.69, 9.17) is 17.3 Å². The first-order chi connectivity index (χ1) is 8.88. The van der Waals surface area contributed by atoms with E-state index in [9.17, 15) is 13.2 Å². The second kappa shape index (κ2) is 4.96. The molecular weight excluding hydrogens is 283 g/mol. The quantitative estimate of drug-likeness (QED) is 0.812. The van der Waals surface area contributed by atoms with Crippen LogP contribution < -0.4 is 11.1 Å². The minimum atomic E-state index is -4.47. The maximum Gasteiger partial charge on any atom is 0.417 e. The molecule has 5 nitrogen and oxygen atoms in total. The van der Waals surface area contributed by atoms with Gasteiger partial charge >= 0.3 is 6.18 Å². The zero-order valence-electron chi connectivity index (χ0n) is 9.42. The first-order valence-electron chi connectivity index (χ1n) is 5.12. The second-order valence-electron chi connectivity index (χ2n) is 3.71. The van der Waals surface area contributed by atoms with Crippen LogP contribution in [0, 0.1) is 0 Å². The predicted molar refractivity (Wildman–Crippen MR) is 64.6 cm³/mol. The van der Waals surface area contributed by atoms with E-state index in [2.05, 4.69) is 20.5 Å². The molecule has 2 aromatic rings. The lowest BCUT2D eigenvalue weighted by Gasteiger charge is -2.10. The van der Waals surface area contributed by atoms with Gasteiger partial charge < -0.3 is 11.1 Å². The van der Waals surface area contributed by atoms with E-state index in [0.717, 1.165) is 6.07 Å². The van der Waals surface area contributed by atoms with Crippen molar-refractivity contribution < 1.29 is 13.2 Å². The van der Waals surface area contributed by atoms with Gasteiger partial charge in [-0.3, -0.25) is 5.10 Å². The van der Waals surface area contributed by atoms with Gasteiger partial charge in [-0.15, -0.1) is 0 Å². The van der Waals surface area contributed by atoms with Gasteiger partial charge in [-0.1, -0.05) is 11.6 Å². The van der Waals surface area contributed by atoms with Crippen LogP contribution in [-0.2, 0) is 12.7 Å². The molecule has 4 N–H and O–H groups in total. The molecule has 0 saturated heterocycles. The molecule has 0 aromatic carbocycles. The number of hydrogen-bond acceptors (Lipinski definition) is 4. The van der Waals surface area contributed by atoms with Crippen molar-refractivity contribution in [2.75, 3.05) is 11.1 Å². The molecule has 0 unspecified atom stereocenters. The Morgan fingerprint density at radius 1 is 1.37 bits per heavy atom. The Labute approximate surface area is 111 Å². The van der Waals surface area contributed by atoms with Crippen molar-refractivity contribution in [1.29, 1.82) is 0 Å². The molecule has 0 amide bonds. The minimum Gasteiger partial charge on any atom is -0.384 e. The molecule has 19 heavy (non-hydrogen) atoms. The molecule has 0 aliphatic heterocycles. The molecule has 2 aromatic heterocycles. The summed E-state index contributed by atoms with van der Waals surface area (Å²) in [4.78, 5) is 3.64. The van der Waals surface area contributed by atoms with Crippen LogP contribution in [0.2, 0.25) is 5.02 Å². The van der Waals surface area contributed by atoms with Crippen molar-refractivity contribution in [3.8, 4) is 0 Å². The SMILES string of the molecule is Nc1[nH]ncc1CNc1ncc(C(F)(F)F)cc1Cl. The molecule has 9 heteroatoms. The van der Waals surface area contributed by atoms with Gasteiger partial charge in [0.25, 0.3) is 0 Å². The predicted octanol–water partition coefficient (Wildman–Crippen LogP) is 2.67. The lowest BCUT2D eigenvalue weighted by Crippen LogP contribution is -2.08. The standard InChI is InChI=1S/C10H9ClF3N5/c11-7-1-6(10(12,13)14)4-17-9(7)16-2-5-3-18-19-8(5)15/h1,3-4H,2H2,(H,16,17)(H3,15,18,19). The molecule has 0 saturated carbocycles. The van der Waals surface area contributed by atoms with Crippen LogP contribution in [-0.4, -0.2) is 15.2 Å². The van der Waals surface area contributed by atoms with Gasteiger partial charge in [0.15, 0.2) is 0 Å². The van der Waals surface area contributed by atoms with Gasteiger partial charge in [-0.25, -0.2) is 4.98 Å². The Hall–Kier alpha value is -1.96. The van der Waals surface area contributed by atoms with Crippen LogP contribution in [0.4, 0.5) is 24.8 Å². The summed E-state index contributed by atoms with van der Waals surface area (Å²) in [7, 11) is 0. The van der Waals surface area contributed by atoms with Gasteiger partial charge in [0.2, 0.25) is 0 Å². The van der Waals surface area contributed by atoms with Crippen LogP contribution in [0.1, 0.15) is 11.1 Å². The highest BCUT2D eigenvalue weighted by Crippen LogP contribution is 2.32. The zero-order valence-corrected chi connectivity index (χ0v) is 10.2. The highest BCUT2D eigenvalue weighted by atomic mass is 35.5. The first-order valence-corrected chi connectivity index (χ1v) is 5.50. The van der Waals surface area contributed by atoms with E-state index in [-0.39, 0.29) is 17.4 Å². The highest BCUT2D eigenvalue weighted by Gasteiger charge is 2.31. The summed E-state index contributed by atoms with van der Waals surface area (Å²) < 4.78 is 37.2. The maximum absolute atomic E-state index is 12.4. The third kappa shape index (κ3) is 3.08. The number of halogens is 4. The molecule has 0 fully saturated rings. The fraction of sp³-hybridized carbons (Fsp3) is 0.200. The van der Waals surface area contributed by atoms with Crippen molar-refractivity contribution in [3.63, 3.8) is 0 Å². The lowest BCUT2D eigenvalue weighted by atomic mass is 10.2. The lowest BCUT2D eigenvalue weighted by molar-refractivity contribution is -0.137. The topological polar surface area (TPSA) is 79.6 Å². The minimum absolute atomic E-state index is 0.114. The van der Waals surface area contributed by atoms with E-state index >= 15 is 0 Å². The largest absolute Gasteiger partial charge is 0.417 e. The van der Waals surface area contributed by atoms with E-state index in [1.165, 1.54) is 6.20 Å².